The van der Waals surface area contributed by atoms with Crippen LogP contribution in [0.15, 0.2) is 12.3 Å². The highest BCUT2D eigenvalue weighted by molar-refractivity contribution is 14.1. The van der Waals surface area contributed by atoms with Gasteiger partial charge in [0.2, 0.25) is 0 Å². The van der Waals surface area contributed by atoms with Crippen molar-refractivity contribution in [2.75, 3.05) is 0 Å². The summed E-state index contributed by atoms with van der Waals surface area (Å²) in [6.45, 7) is 5.23. The SMILES string of the molecule is CC1(C)CC(=O)c2cc(I)cn2C1. The molecule has 0 fully saturated rings. The number of halogens is 1. The van der Waals surface area contributed by atoms with Gasteiger partial charge in [-0.3, -0.25) is 4.79 Å². The standard InChI is InChI=1S/C10H12INO/c1-10(2)4-9(13)8-3-7(11)5-12(8)6-10/h3,5H,4,6H2,1-2H3. The van der Waals surface area contributed by atoms with Gasteiger partial charge in [-0.15, -0.1) is 0 Å². The number of hydrogen-bond acceptors (Lipinski definition) is 1. The molecular weight excluding hydrogens is 277 g/mol. The van der Waals surface area contributed by atoms with E-state index < -0.39 is 0 Å². The molecule has 2 nitrogen and oxygen atoms in total. The summed E-state index contributed by atoms with van der Waals surface area (Å²) in [5.74, 6) is 0.277. The number of hydrogen-bond donors (Lipinski definition) is 0. The molecule has 2 heterocycles. The first-order valence-corrected chi connectivity index (χ1v) is 5.45. The molecule has 0 spiro atoms. The molecule has 0 saturated carbocycles. The molecule has 0 aromatic carbocycles. The summed E-state index contributed by atoms with van der Waals surface area (Å²) in [4.78, 5) is 11.7. The average Bonchev–Trinajstić information content (AvgIpc) is 2.27. The maximum Gasteiger partial charge on any atom is 0.179 e. The monoisotopic (exact) mass is 289 g/mol. The molecule has 0 saturated heterocycles. The van der Waals surface area contributed by atoms with Gasteiger partial charge in [0, 0.05) is 22.7 Å². The molecule has 1 aromatic rings. The normalized spacial score (nSPS) is 20.1. The second-order valence-corrected chi connectivity index (χ2v) is 5.68. The number of Topliss-reactive ketones (excluding diaryl/α,β-unsaturated/α-hetero) is 1. The Kier molecular flexibility index (Phi) is 2.02. The second kappa shape index (κ2) is 2.83. The Morgan fingerprint density at radius 3 is 2.92 bits per heavy atom. The molecule has 0 radical (unpaired) electrons. The number of fused-ring (bicyclic) bond motifs is 1. The number of ketones is 1. The van der Waals surface area contributed by atoms with Crippen molar-refractivity contribution in [3.8, 4) is 0 Å². The van der Waals surface area contributed by atoms with Crippen LogP contribution in [-0.4, -0.2) is 10.4 Å². The fourth-order valence-electron chi connectivity index (χ4n) is 1.88. The van der Waals surface area contributed by atoms with Crippen LogP contribution in [0.25, 0.3) is 0 Å². The third kappa shape index (κ3) is 1.66. The van der Waals surface area contributed by atoms with Crippen LogP contribution in [0, 0.1) is 8.99 Å². The van der Waals surface area contributed by atoms with Crippen molar-refractivity contribution >= 4 is 28.4 Å². The van der Waals surface area contributed by atoms with Gasteiger partial charge in [0.15, 0.2) is 5.78 Å². The Bertz CT molecular complexity index is 365. The van der Waals surface area contributed by atoms with Crippen LogP contribution >= 0.6 is 22.6 Å². The highest BCUT2D eigenvalue weighted by Gasteiger charge is 2.30. The third-order valence-electron chi connectivity index (χ3n) is 2.39. The summed E-state index contributed by atoms with van der Waals surface area (Å²) in [5.41, 5.74) is 0.996. The Balaban J connectivity index is 2.48. The van der Waals surface area contributed by atoms with Gasteiger partial charge < -0.3 is 4.57 Å². The lowest BCUT2D eigenvalue weighted by molar-refractivity contribution is 0.0870. The number of carbonyl (C=O) groups is 1. The van der Waals surface area contributed by atoms with Crippen molar-refractivity contribution in [3.05, 3.63) is 21.5 Å². The van der Waals surface area contributed by atoms with E-state index in [1.54, 1.807) is 0 Å². The van der Waals surface area contributed by atoms with Crippen LogP contribution in [0.5, 0.6) is 0 Å². The Labute approximate surface area is 91.5 Å². The van der Waals surface area contributed by atoms with Gasteiger partial charge in [-0.1, -0.05) is 13.8 Å². The van der Waals surface area contributed by atoms with Gasteiger partial charge >= 0.3 is 0 Å². The number of carbonyl (C=O) groups excluding carboxylic acids is 1. The van der Waals surface area contributed by atoms with Crippen LogP contribution in [-0.2, 0) is 6.54 Å². The zero-order valence-electron chi connectivity index (χ0n) is 7.80. The summed E-state index contributed by atoms with van der Waals surface area (Å²) in [7, 11) is 0. The summed E-state index contributed by atoms with van der Waals surface area (Å²) >= 11 is 2.25. The molecular formula is C10H12INO. The topological polar surface area (TPSA) is 22.0 Å². The van der Waals surface area contributed by atoms with E-state index in [1.807, 2.05) is 6.07 Å². The zero-order chi connectivity index (χ0) is 9.64. The minimum atomic E-state index is 0.117. The molecule has 0 atom stereocenters. The average molecular weight is 289 g/mol. The van der Waals surface area contributed by atoms with Crippen LogP contribution in [0.3, 0.4) is 0 Å². The Hall–Kier alpha value is -0.320. The van der Waals surface area contributed by atoms with Gasteiger partial charge in [-0.05, 0) is 34.1 Å². The van der Waals surface area contributed by atoms with Crippen LogP contribution in [0.1, 0.15) is 30.8 Å². The summed E-state index contributed by atoms with van der Waals surface area (Å²) in [6.07, 6.45) is 2.72. The molecule has 70 valence electrons. The largest absolute Gasteiger partial charge is 0.343 e. The first-order chi connectivity index (χ1) is 5.98. The van der Waals surface area contributed by atoms with E-state index in [-0.39, 0.29) is 11.2 Å². The van der Waals surface area contributed by atoms with Gasteiger partial charge in [0.1, 0.15) is 0 Å². The molecule has 0 N–H and O–H groups in total. The summed E-state index contributed by atoms with van der Waals surface area (Å²) < 4.78 is 3.23. The first kappa shape index (κ1) is 9.24. The molecule has 0 unspecified atom stereocenters. The third-order valence-corrected chi connectivity index (χ3v) is 2.98. The van der Waals surface area contributed by atoms with E-state index in [0.29, 0.717) is 6.42 Å². The van der Waals surface area contributed by atoms with Crippen molar-refractivity contribution in [1.29, 1.82) is 0 Å². The minimum Gasteiger partial charge on any atom is -0.343 e. The highest BCUT2D eigenvalue weighted by atomic mass is 127. The zero-order valence-corrected chi connectivity index (χ0v) is 9.96. The van der Waals surface area contributed by atoms with Gasteiger partial charge in [0.25, 0.3) is 0 Å². The Morgan fingerprint density at radius 1 is 1.54 bits per heavy atom. The van der Waals surface area contributed by atoms with Gasteiger partial charge in [0.05, 0.1) is 5.69 Å². The van der Waals surface area contributed by atoms with E-state index in [2.05, 4.69) is 47.2 Å². The van der Waals surface area contributed by atoms with Crippen molar-refractivity contribution in [1.82, 2.24) is 4.57 Å². The number of rotatable bonds is 0. The van der Waals surface area contributed by atoms with E-state index in [9.17, 15) is 4.79 Å². The van der Waals surface area contributed by atoms with E-state index in [1.165, 1.54) is 0 Å². The van der Waals surface area contributed by atoms with Crippen molar-refractivity contribution in [3.63, 3.8) is 0 Å². The molecule has 13 heavy (non-hydrogen) atoms. The molecule has 2 rings (SSSR count). The van der Waals surface area contributed by atoms with Crippen molar-refractivity contribution < 1.29 is 4.79 Å². The van der Waals surface area contributed by atoms with E-state index in [4.69, 9.17) is 0 Å². The van der Waals surface area contributed by atoms with Crippen LogP contribution in [0.4, 0.5) is 0 Å². The number of nitrogens with zero attached hydrogens (tertiary/aromatic N) is 1. The lowest BCUT2D eigenvalue weighted by atomic mass is 9.84. The van der Waals surface area contributed by atoms with Crippen LogP contribution < -0.4 is 0 Å². The Morgan fingerprint density at radius 2 is 2.23 bits per heavy atom. The van der Waals surface area contributed by atoms with E-state index in [0.717, 1.165) is 15.8 Å². The first-order valence-electron chi connectivity index (χ1n) is 4.37. The maximum atomic E-state index is 11.7. The van der Waals surface area contributed by atoms with Crippen molar-refractivity contribution in [2.24, 2.45) is 5.41 Å². The molecule has 0 bridgehead atoms. The summed E-state index contributed by atoms with van der Waals surface area (Å²) in [5, 5.41) is 0. The maximum absolute atomic E-state index is 11.7. The molecule has 0 aliphatic carbocycles. The lowest BCUT2D eigenvalue weighted by Crippen LogP contribution is -2.30. The molecule has 1 aliphatic heterocycles. The molecule has 3 heteroatoms. The molecule has 1 aliphatic rings. The minimum absolute atomic E-state index is 0.117. The summed E-state index contributed by atoms with van der Waals surface area (Å²) in [6, 6.07) is 1.97. The van der Waals surface area contributed by atoms with Gasteiger partial charge in [-0.2, -0.15) is 0 Å². The smallest absolute Gasteiger partial charge is 0.179 e. The highest BCUT2D eigenvalue weighted by Crippen LogP contribution is 2.31. The fourth-order valence-corrected chi connectivity index (χ4v) is 2.51. The molecule has 0 amide bonds. The molecule has 1 aromatic heterocycles. The van der Waals surface area contributed by atoms with E-state index >= 15 is 0 Å². The lowest BCUT2D eigenvalue weighted by Gasteiger charge is -2.30. The number of aromatic nitrogens is 1. The quantitative estimate of drug-likeness (QED) is 0.673. The van der Waals surface area contributed by atoms with Crippen LogP contribution in [0.2, 0.25) is 0 Å². The second-order valence-electron chi connectivity index (χ2n) is 4.44. The predicted molar refractivity (Wildman–Crippen MR) is 59.9 cm³/mol. The fraction of sp³-hybridized carbons (Fsp3) is 0.500. The predicted octanol–water partition coefficient (Wildman–Crippen LogP) is 2.71. The van der Waals surface area contributed by atoms with Crippen molar-refractivity contribution in [2.45, 2.75) is 26.8 Å². The van der Waals surface area contributed by atoms with Gasteiger partial charge in [-0.25, -0.2) is 0 Å².